The molecule has 8 heteroatoms. The van der Waals surface area contributed by atoms with Crippen LogP contribution in [0.25, 0.3) is 0 Å². The van der Waals surface area contributed by atoms with Crippen molar-refractivity contribution in [3.63, 3.8) is 0 Å². The Labute approximate surface area is 137 Å². The quantitative estimate of drug-likeness (QED) is 0.823. The molecule has 1 saturated heterocycles. The number of likely N-dealkylation sites (tertiary alicyclic amines) is 1. The molecule has 4 nitrogen and oxygen atoms in total. The van der Waals surface area contributed by atoms with Gasteiger partial charge in [0.15, 0.2) is 0 Å². The van der Waals surface area contributed by atoms with Gasteiger partial charge in [-0.25, -0.2) is 13.1 Å². The van der Waals surface area contributed by atoms with Crippen molar-refractivity contribution in [1.82, 2.24) is 9.62 Å². The third-order valence-electron chi connectivity index (χ3n) is 3.34. The molecule has 1 aromatic rings. The molecular formula is C12H18BrClN2O2S2. The average molecular weight is 402 g/mol. The third-order valence-corrected chi connectivity index (χ3v) is 7.81. The first-order chi connectivity index (χ1) is 9.42. The van der Waals surface area contributed by atoms with Gasteiger partial charge in [0.2, 0.25) is 10.0 Å². The fourth-order valence-electron chi connectivity index (χ4n) is 2.33. The highest BCUT2D eigenvalue weighted by molar-refractivity contribution is 9.11. The largest absolute Gasteiger partial charge is 0.303 e. The molecule has 2 rings (SSSR count). The first-order valence-electron chi connectivity index (χ1n) is 6.62. The smallest absolute Gasteiger partial charge is 0.250 e. The normalized spacial score (nSPS) is 18.6. The lowest BCUT2D eigenvalue weighted by Crippen LogP contribution is -2.44. The molecule has 1 aromatic heterocycles. The van der Waals surface area contributed by atoms with Crippen molar-refractivity contribution in [3.05, 3.63) is 14.9 Å². The van der Waals surface area contributed by atoms with Crippen molar-refractivity contribution in [3.8, 4) is 0 Å². The summed E-state index contributed by atoms with van der Waals surface area (Å²) in [5.74, 6) is 0. The second-order valence-corrected chi connectivity index (χ2v) is 9.64. The van der Waals surface area contributed by atoms with Crippen LogP contribution in [0.2, 0.25) is 5.02 Å². The number of nitrogens with one attached hydrogen (secondary N) is 1. The molecule has 0 saturated carbocycles. The van der Waals surface area contributed by atoms with Gasteiger partial charge in [-0.3, -0.25) is 0 Å². The molecule has 1 fully saturated rings. The van der Waals surface area contributed by atoms with Crippen LogP contribution < -0.4 is 4.72 Å². The summed E-state index contributed by atoms with van der Waals surface area (Å²) in [6.07, 6.45) is 2.86. The highest BCUT2D eigenvalue weighted by Crippen LogP contribution is 2.34. The molecule has 0 radical (unpaired) electrons. The number of hydrogen-bond donors (Lipinski definition) is 1. The summed E-state index contributed by atoms with van der Waals surface area (Å²) >= 11 is 10.3. The van der Waals surface area contributed by atoms with E-state index in [2.05, 4.69) is 32.5 Å². The summed E-state index contributed by atoms with van der Waals surface area (Å²) < 4.78 is 28.3. The number of nitrogens with zero attached hydrogens (tertiary/aromatic N) is 1. The van der Waals surface area contributed by atoms with Crippen LogP contribution in [0.1, 0.15) is 26.2 Å². The van der Waals surface area contributed by atoms with E-state index in [-0.39, 0.29) is 10.3 Å². The molecular weight excluding hydrogens is 384 g/mol. The number of rotatable bonds is 5. The number of halogens is 2. The minimum atomic E-state index is -3.46. The lowest BCUT2D eigenvalue weighted by Gasteiger charge is -2.31. The Morgan fingerprint density at radius 3 is 2.65 bits per heavy atom. The summed E-state index contributed by atoms with van der Waals surface area (Å²) in [5, 5.41) is 0.438. The fourth-order valence-corrected chi connectivity index (χ4v) is 6.05. The van der Waals surface area contributed by atoms with E-state index >= 15 is 0 Å². The van der Waals surface area contributed by atoms with Crippen molar-refractivity contribution in [2.24, 2.45) is 0 Å². The molecule has 0 bridgehead atoms. The lowest BCUT2D eigenvalue weighted by molar-refractivity contribution is 0.208. The Morgan fingerprint density at radius 1 is 1.50 bits per heavy atom. The molecule has 0 aliphatic carbocycles. The second kappa shape index (κ2) is 7.07. The van der Waals surface area contributed by atoms with E-state index in [0.717, 1.165) is 50.2 Å². The molecule has 2 heterocycles. The Kier molecular flexibility index (Phi) is 5.90. The van der Waals surface area contributed by atoms with Gasteiger partial charge in [0, 0.05) is 6.04 Å². The molecule has 0 aromatic carbocycles. The summed E-state index contributed by atoms with van der Waals surface area (Å²) in [5.41, 5.74) is 0. The predicted molar refractivity (Wildman–Crippen MR) is 87.1 cm³/mol. The van der Waals surface area contributed by atoms with Gasteiger partial charge in [0.1, 0.15) is 4.21 Å². The zero-order chi connectivity index (χ0) is 14.8. The predicted octanol–water partition coefficient (Wildman–Crippen LogP) is 3.32. The monoisotopic (exact) mass is 400 g/mol. The van der Waals surface area contributed by atoms with E-state index in [0.29, 0.717) is 8.81 Å². The number of piperidine rings is 1. The zero-order valence-corrected chi connectivity index (χ0v) is 15.2. The summed E-state index contributed by atoms with van der Waals surface area (Å²) in [4.78, 5) is 2.38. The Morgan fingerprint density at radius 2 is 2.15 bits per heavy atom. The highest BCUT2D eigenvalue weighted by atomic mass is 79.9. The first kappa shape index (κ1) is 16.7. The maximum atomic E-state index is 12.3. The Bertz CT molecular complexity index is 534. The SMILES string of the molecule is CCCN1CCC(NS(=O)(=O)c2cc(Cl)c(Br)s2)CC1. The molecule has 0 amide bonds. The van der Waals surface area contributed by atoms with Crippen LogP contribution in [-0.4, -0.2) is 39.0 Å². The van der Waals surface area contributed by atoms with E-state index in [9.17, 15) is 8.42 Å². The zero-order valence-electron chi connectivity index (χ0n) is 11.2. The van der Waals surface area contributed by atoms with Crippen molar-refractivity contribution in [1.29, 1.82) is 0 Å². The van der Waals surface area contributed by atoms with E-state index in [4.69, 9.17) is 11.6 Å². The van der Waals surface area contributed by atoms with Crippen molar-refractivity contribution >= 4 is 48.9 Å². The maximum Gasteiger partial charge on any atom is 0.250 e. The van der Waals surface area contributed by atoms with E-state index in [1.807, 2.05) is 0 Å². The molecule has 0 atom stereocenters. The second-order valence-electron chi connectivity index (χ2n) is 4.92. The minimum Gasteiger partial charge on any atom is -0.303 e. The highest BCUT2D eigenvalue weighted by Gasteiger charge is 2.26. The van der Waals surface area contributed by atoms with E-state index < -0.39 is 10.0 Å². The van der Waals surface area contributed by atoms with Gasteiger partial charge in [0.05, 0.1) is 8.81 Å². The van der Waals surface area contributed by atoms with Gasteiger partial charge in [-0.05, 0) is 60.9 Å². The number of hydrogen-bond acceptors (Lipinski definition) is 4. The van der Waals surface area contributed by atoms with Crippen LogP contribution in [0.4, 0.5) is 0 Å². The summed E-state index contributed by atoms with van der Waals surface area (Å²) in [6, 6.07) is 1.51. The van der Waals surface area contributed by atoms with Crippen molar-refractivity contribution in [2.75, 3.05) is 19.6 Å². The lowest BCUT2D eigenvalue weighted by atomic mass is 10.1. The molecule has 1 aliphatic rings. The standard InChI is InChI=1S/C12H18BrClN2O2S2/c1-2-5-16-6-3-9(4-7-16)15-20(17,18)11-8-10(14)12(13)19-11/h8-9,15H,2-7H2,1H3. The van der Waals surface area contributed by atoms with Gasteiger partial charge >= 0.3 is 0 Å². The Balaban J connectivity index is 1.96. The van der Waals surface area contributed by atoms with Gasteiger partial charge in [-0.15, -0.1) is 11.3 Å². The molecule has 0 spiro atoms. The van der Waals surface area contributed by atoms with E-state index in [1.54, 1.807) is 0 Å². The molecule has 1 aliphatic heterocycles. The van der Waals surface area contributed by atoms with Crippen LogP contribution in [0.5, 0.6) is 0 Å². The van der Waals surface area contributed by atoms with Gasteiger partial charge in [-0.1, -0.05) is 18.5 Å². The fraction of sp³-hybridized carbons (Fsp3) is 0.667. The molecule has 0 unspecified atom stereocenters. The maximum absolute atomic E-state index is 12.3. The average Bonchev–Trinajstić information content (AvgIpc) is 2.73. The van der Waals surface area contributed by atoms with Crippen LogP contribution >= 0.6 is 38.9 Å². The molecule has 1 N–H and O–H groups in total. The Hall–Kier alpha value is 0.340. The van der Waals surface area contributed by atoms with Gasteiger partial charge < -0.3 is 4.90 Å². The number of thiophene rings is 1. The molecule has 20 heavy (non-hydrogen) atoms. The van der Waals surface area contributed by atoms with Crippen molar-refractivity contribution in [2.45, 2.75) is 36.4 Å². The van der Waals surface area contributed by atoms with Crippen LogP contribution in [0.3, 0.4) is 0 Å². The van der Waals surface area contributed by atoms with Crippen molar-refractivity contribution < 1.29 is 8.42 Å². The summed E-state index contributed by atoms with van der Waals surface area (Å²) in [6.45, 7) is 5.16. The molecule has 114 valence electrons. The topological polar surface area (TPSA) is 49.4 Å². The van der Waals surface area contributed by atoms with Gasteiger partial charge in [0.25, 0.3) is 0 Å². The van der Waals surface area contributed by atoms with E-state index in [1.165, 1.54) is 6.07 Å². The van der Waals surface area contributed by atoms with Crippen LogP contribution in [-0.2, 0) is 10.0 Å². The van der Waals surface area contributed by atoms with Crippen LogP contribution in [0, 0.1) is 0 Å². The summed E-state index contributed by atoms with van der Waals surface area (Å²) in [7, 11) is -3.46. The first-order valence-corrected chi connectivity index (χ1v) is 10.1. The minimum absolute atomic E-state index is 0.0211. The van der Waals surface area contributed by atoms with Gasteiger partial charge in [-0.2, -0.15) is 0 Å². The third kappa shape index (κ3) is 4.18. The van der Waals surface area contributed by atoms with Crippen LogP contribution in [0.15, 0.2) is 14.1 Å². The number of sulfonamides is 1.